The molecule has 6 heteroatoms. The largest absolute Gasteiger partial charge is 0.341 e. The first-order chi connectivity index (χ1) is 10.3. The van der Waals surface area contributed by atoms with Gasteiger partial charge in [0.1, 0.15) is 13.1 Å². The summed E-state index contributed by atoms with van der Waals surface area (Å²) in [5.41, 5.74) is 0. The first-order valence-electron chi connectivity index (χ1n) is 8.18. The molecule has 2 aliphatic rings. The quantitative estimate of drug-likeness (QED) is 0.670. The van der Waals surface area contributed by atoms with Gasteiger partial charge in [-0.15, -0.1) is 0 Å². The molecule has 0 spiro atoms. The van der Waals surface area contributed by atoms with E-state index >= 15 is 0 Å². The molecule has 1 aliphatic carbocycles. The maximum Gasteiger partial charge on any atom is 0.327 e. The lowest BCUT2D eigenvalue weighted by molar-refractivity contribution is -0.137. The van der Waals surface area contributed by atoms with E-state index in [-0.39, 0.29) is 37.0 Å². The predicted molar refractivity (Wildman–Crippen MR) is 83.1 cm³/mol. The van der Waals surface area contributed by atoms with Gasteiger partial charge in [-0.25, -0.2) is 4.79 Å². The van der Waals surface area contributed by atoms with Gasteiger partial charge in [-0.3, -0.25) is 14.5 Å². The van der Waals surface area contributed by atoms with E-state index in [1.807, 2.05) is 0 Å². The van der Waals surface area contributed by atoms with E-state index in [1.54, 1.807) is 9.80 Å². The molecule has 2 fully saturated rings. The van der Waals surface area contributed by atoms with Crippen LogP contribution in [-0.2, 0) is 9.59 Å². The summed E-state index contributed by atoms with van der Waals surface area (Å²) >= 11 is 0. The average Bonchev–Trinajstić information content (AvgIpc) is 3.19. The van der Waals surface area contributed by atoms with Crippen molar-refractivity contribution >= 4 is 17.8 Å². The van der Waals surface area contributed by atoms with E-state index in [0.717, 1.165) is 17.7 Å². The van der Waals surface area contributed by atoms with Gasteiger partial charge in [0.05, 0.1) is 0 Å². The monoisotopic (exact) mass is 309 g/mol. The van der Waals surface area contributed by atoms with Crippen LogP contribution >= 0.6 is 0 Å². The van der Waals surface area contributed by atoms with Crippen LogP contribution in [0, 0.1) is 11.8 Å². The molecule has 1 aliphatic heterocycles. The van der Waals surface area contributed by atoms with E-state index in [2.05, 4.69) is 27.7 Å². The summed E-state index contributed by atoms with van der Waals surface area (Å²) in [6.45, 7) is 9.54. The highest BCUT2D eigenvalue weighted by molar-refractivity contribution is 6.04. The SMILES string of the molecule is CC(C)CN(CC(C)C)C(=O)CN1C(=O)CN(C2CC2)C1=O. The molecular formula is C16H27N3O3. The lowest BCUT2D eigenvalue weighted by Gasteiger charge is -2.28. The number of hydrogen-bond acceptors (Lipinski definition) is 3. The molecule has 124 valence electrons. The molecule has 0 unspecified atom stereocenters. The molecule has 0 atom stereocenters. The van der Waals surface area contributed by atoms with Crippen molar-refractivity contribution in [3.05, 3.63) is 0 Å². The number of imide groups is 1. The minimum atomic E-state index is -0.296. The van der Waals surface area contributed by atoms with Crippen molar-refractivity contribution in [1.29, 1.82) is 0 Å². The third-order valence-electron chi connectivity index (χ3n) is 3.89. The van der Waals surface area contributed by atoms with E-state index in [0.29, 0.717) is 24.9 Å². The highest BCUT2D eigenvalue weighted by Crippen LogP contribution is 2.30. The van der Waals surface area contributed by atoms with Gasteiger partial charge in [-0.05, 0) is 24.7 Å². The Labute approximate surface area is 132 Å². The maximum atomic E-state index is 12.5. The molecule has 4 amide bonds. The van der Waals surface area contributed by atoms with E-state index < -0.39 is 0 Å². The molecule has 22 heavy (non-hydrogen) atoms. The van der Waals surface area contributed by atoms with Gasteiger partial charge in [-0.2, -0.15) is 0 Å². The van der Waals surface area contributed by atoms with Crippen LogP contribution in [-0.4, -0.2) is 64.8 Å². The van der Waals surface area contributed by atoms with Crippen LogP contribution in [0.1, 0.15) is 40.5 Å². The Morgan fingerprint density at radius 3 is 2.14 bits per heavy atom. The first kappa shape index (κ1) is 16.8. The number of hydrogen-bond donors (Lipinski definition) is 0. The molecule has 0 bridgehead atoms. The second kappa shape index (κ2) is 6.67. The molecule has 0 aromatic heterocycles. The normalized spacial score (nSPS) is 18.8. The van der Waals surface area contributed by atoms with Crippen LogP contribution in [0.25, 0.3) is 0 Å². The molecule has 1 saturated carbocycles. The zero-order chi connectivity index (χ0) is 16.4. The summed E-state index contributed by atoms with van der Waals surface area (Å²) in [4.78, 5) is 41.3. The van der Waals surface area contributed by atoms with Crippen molar-refractivity contribution in [3.63, 3.8) is 0 Å². The van der Waals surface area contributed by atoms with Crippen molar-refractivity contribution in [2.24, 2.45) is 11.8 Å². The number of rotatable bonds is 7. The van der Waals surface area contributed by atoms with Crippen LogP contribution in [0.5, 0.6) is 0 Å². The number of carbonyl (C=O) groups excluding carboxylic acids is 3. The molecule has 0 N–H and O–H groups in total. The van der Waals surface area contributed by atoms with Gasteiger partial charge in [0.15, 0.2) is 0 Å². The van der Waals surface area contributed by atoms with Crippen LogP contribution in [0.3, 0.4) is 0 Å². The highest BCUT2D eigenvalue weighted by Gasteiger charge is 2.44. The topological polar surface area (TPSA) is 60.9 Å². The fourth-order valence-electron chi connectivity index (χ4n) is 2.78. The Kier molecular flexibility index (Phi) is 5.08. The minimum absolute atomic E-state index is 0.125. The summed E-state index contributed by atoms with van der Waals surface area (Å²) in [5.74, 6) is 0.326. The van der Waals surface area contributed by atoms with Crippen LogP contribution in [0.15, 0.2) is 0 Å². The van der Waals surface area contributed by atoms with Crippen LogP contribution in [0.4, 0.5) is 4.79 Å². The van der Waals surface area contributed by atoms with Crippen molar-refractivity contribution in [2.75, 3.05) is 26.2 Å². The van der Waals surface area contributed by atoms with E-state index in [1.165, 1.54) is 0 Å². The average molecular weight is 309 g/mol. The molecule has 6 nitrogen and oxygen atoms in total. The summed E-state index contributed by atoms with van der Waals surface area (Å²) in [6, 6.07) is -0.0890. The van der Waals surface area contributed by atoms with Gasteiger partial charge in [0, 0.05) is 19.1 Å². The zero-order valence-electron chi connectivity index (χ0n) is 14.0. The van der Waals surface area contributed by atoms with Gasteiger partial charge < -0.3 is 9.80 Å². The first-order valence-corrected chi connectivity index (χ1v) is 8.18. The number of amides is 4. The minimum Gasteiger partial charge on any atom is -0.341 e. The Balaban J connectivity index is 1.98. The molecule has 0 aromatic rings. The van der Waals surface area contributed by atoms with Crippen LogP contribution < -0.4 is 0 Å². The zero-order valence-corrected chi connectivity index (χ0v) is 14.0. The van der Waals surface area contributed by atoms with Crippen molar-refractivity contribution < 1.29 is 14.4 Å². The maximum absolute atomic E-state index is 12.5. The molecule has 0 radical (unpaired) electrons. The molecule has 1 heterocycles. The third-order valence-corrected chi connectivity index (χ3v) is 3.89. The van der Waals surface area contributed by atoms with Crippen LogP contribution in [0.2, 0.25) is 0 Å². The fraction of sp³-hybridized carbons (Fsp3) is 0.812. The highest BCUT2D eigenvalue weighted by atomic mass is 16.2. The second-order valence-corrected chi connectivity index (χ2v) is 7.21. The number of carbonyl (C=O) groups is 3. The summed E-state index contributed by atoms with van der Waals surface area (Å²) in [6.07, 6.45) is 1.93. The summed E-state index contributed by atoms with van der Waals surface area (Å²) in [7, 11) is 0. The Morgan fingerprint density at radius 2 is 1.68 bits per heavy atom. The van der Waals surface area contributed by atoms with Crippen molar-refractivity contribution in [1.82, 2.24) is 14.7 Å². The van der Waals surface area contributed by atoms with Gasteiger partial charge in [0.25, 0.3) is 5.91 Å². The lowest BCUT2D eigenvalue weighted by Crippen LogP contribution is -2.45. The van der Waals surface area contributed by atoms with Gasteiger partial charge in [-0.1, -0.05) is 27.7 Å². The summed E-state index contributed by atoms with van der Waals surface area (Å²) in [5, 5.41) is 0. The molecule has 2 rings (SSSR count). The molecule has 1 saturated heterocycles. The predicted octanol–water partition coefficient (Wildman–Crippen LogP) is 1.55. The van der Waals surface area contributed by atoms with E-state index in [4.69, 9.17) is 0 Å². The molecule has 0 aromatic carbocycles. The number of nitrogens with zero attached hydrogens (tertiary/aromatic N) is 3. The Morgan fingerprint density at radius 1 is 1.14 bits per heavy atom. The van der Waals surface area contributed by atoms with Crippen molar-refractivity contribution in [2.45, 2.75) is 46.6 Å². The van der Waals surface area contributed by atoms with Gasteiger partial charge in [0.2, 0.25) is 5.91 Å². The van der Waals surface area contributed by atoms with E-state index in [9.17, 15) is 14.4 Å². The Bertz CT molecular complexity index is 448. The molecular weight excluding hydrogens is 282 g/mol. The smallest absolute Gasteiger partial charge is 0.327 e. The number of urea groups is 1. The van der Waals surface area contributed by atoms with Crippen molar-refractivity contribution in [3.8, 4) is 0 Å². The summed E-state index contributed by atoms with van der Waals surface area (Å²) < 4.78 is 0. The lowest BCUT2D eigenvalue weighted by atomic mass is 10.1. The fourth-order valence-corrected chi connectivity index (χ4v) is 2.78. The van der Waals surface area contributed by atoms with Gasteiger partial charge >= 0.3 is 6.03 Å². The standard InChI is InChI=1S/C16H27N3O3/c1-11(2)7-17(8-12(3)4)14(20)9-19-15(21)10-18(16(19)22)13-5-6-13/h11-13H,5-10H2,1-4H3. The third kappa shape index (κ3) is 3.99. The Hall–Kier alpha value is -1.59. The second-order valence-electron chi connectivity index (χ2n) is 7.21.